The Balaban J connectivity index is 2.01. The van der Waals surface area contributed by atoms with Crippen molar-refractivity contribution >= 4 is 29.0 Å². The Morgan fingerprint density at radius 1 is 1.24 bits per heavy atom. The van der Waals surface area contributed by atoms with Gasteiger partial charge in [-0.05, 0) is 25.1 Å². The lowest BCUT2D eigenvalue weighted by Crippen LogP contribution is -2.32. The van der Waals surface area contributed by atoms with E-state index in [1.54, 1.807) is 6.20 Å². The molecule has 3 nitrogen and oxygen atoms in total. The van der Waals surface area contributed by atoms with Gasteiger partial charge in [0, 0.05) is 38.3 Å². The van der Waals surface area contributed by atoms with E-state index in [9.17, 15) is 0 Å². The molecule has 1 aliphatic heterocycles. The third-order valence-corrected chi connectivity index (χ3v) is 3.49. The highest BCUT2D eigenvalue weighted by atomic mass is 35.5. The minimum atomic E-state index is 0.699. The van der Waals surface area contributed by atoms with Crippen LogP contribution >= 0.6 is 23.2 Å². The first-order valence-electron chi connectivity index (χ1n) is 5.95. The molecule has 2 heterocycles. The highest BCUT2D eigenvalue weighted by molar-refractivity contribution is 6.32. The molecule has 1 aliphatic rings. The van der Waals surface area contributed by atoms with E-state index in [0.29, 0.717) is 5.88 Å². The number of nitrogens with zero attached hydrogens (tertiary/aromatic N) is 3. The van der Waals surface area contributed by atoms with E-state index >= 15 is 0 Å². The van der Waals surface area contributed by atoms with Crippen LogP contribution in [0.4, 0.5) is 5.82 Å². The van der Waals surface area contributed by atoms with Crippen LogP contribution in [-0.2, 0) is 0 Å². The van der Waals surface area contributed by atoms with Crippen LogP contribution in [0, 0.1) is 0 Å². The van der Waals surface area contributed by atoms with Crippen LogP contribution in [0.15, 0.2) is 18.3 Å². The van der Waals surface area contributed by atoms with Crippen LogP contribution < -0.4 is 4.90 Å². The zero-order valence-corrected chi connectivity index (χ0v) is 11.3. The maximum Gasteiger partial charge on any atom is 0.147 e. The molecule has 1 saturated heterocycles. The molecule has 1 fully saturated rings. The van der Waals surface area contributed by atoms with Crippen molar-refractivity contribution in [2.24, 2.45) is 0 Å². The van der Waals surface area contributed by atoms with Gasteiger partial charge in [-0.25, -0.2) is 4.98 Å². The Labute approximate surface area is 112 Å². The predicted octanol–water partition coefficient (Wildman–Crippen LogP) is 2.49. The number of pyridine rings is 1. The molecule has 17 heavy (non-hydrogen) atoms. The fourth-order valence-electron chi connectivity index (χ4n) is 2.14. The number of hydrogen-bond donors (Lipinski definition) is 0. The molecule has 5 heteroatoms. The monoisotopic (exact) mass is 273 g/mol. The van der Waals surface area contributed by atoms with Gasteiger partial charge in [0.2, 0.25) is 0 Å². The smallest absolute Gasteiger partial charge is 0.147 e. The van der Waals surface area contributed by atoms with Crippen molar-refractivity contribution in [3.05, 3.63) is 23.4 Å². The topological polar surface area (TPSA) is 19.4 Å². The van der Waals surface area contributed by atoms with Crippen LogP contribution in [0.25, 0.3) is 0 Å². The van der Waals surface area contributed by atoms with E-state index in [1.807, 2.05) is 12.1 Å². The van der Waals surface area contributed by atoms with Gasteiger partial charge in [0.1, 0.15) is 5.82 Å². The minimum absolute atomic E-state index is 0.699. The fraction of sp³-hybridized carbons (Fsp3) is 0.583. The molecule has 0 radical (unpaired) electrons. The van der Waals surface area contributed by atoms with E-state index in [-0.39, 0.29) is 0 Å². The van der Waals surface area contributed by atoms with E-state index < -0.39 is 0 Å². The molecule has 94 valence electrons. The maximum absolute atomic E-state index is 6.17. The van der Waals surface area contributed by atoms with Crippen molar-refractivity contribution in [2.45, 2.75) is 6.42 Å². The van der Waals surface area contributed by atoms with Crippen LogP contribution in [0.5, 0.6) is 0 Å². The zero-order valence-electron chi connectivity index (χ0n) is 9.78. The molecule has 0 unspecified atom stereocenters. The van der Waals surface area contributed by atoms with E-state index in [2.05, 4.69) is 14.8 Å². The SMILES string of the molecule is ClCCN1CCCN(c2ncccc2Cl)CC1. The summed E-state index contributed by atoms with van der Waals surface area (Å²) in [6, 6.07) is 3.76. The molecule has 0 saturated carbocycles. The summed E-state index contributed by atoms with van der Waals surface area (Å²) >= 11 is 11.9. The number of halogens is 2. The quantitative estimate of drug-likeness (QED) is 0.789. The van der Waals surface area contributed by atoms with E-state index in [4.69, 9.17) is 23.2 Å². The number of alkyl halides is 1. The summed E-state index contributed by atoms with van der Waals surface area (Å²) in [5.74, 6) is 1.60. The lowest BCUT2D eigenvalue weighted by atomic mass is 10.3. The van der Waals surface area contributed by atoms with Crippen molar-refractivity contribution in [1.82, 2.24) is 9.88 Å². The van der Waals surface area contributed by atoms with Crippen molar-refractivity contribution in [3.8, 4) is 0 Å². The summed E-state index contributed by atoms with van der Waals surface area (Å²) in [7, 11) is 0. The van der Waals surface area contributed by atoms with Gasteiger partial charge in [0.25, 0.3) is 0 Å². The summed E-state index contributed by atoms with van der Waals surface area (Å²) in [5, 5.41) is 0.735. The van der Waals surface area contributed by atoms with Gasteiger partial charge in [0.15, 0.2) is 0 Å². The van der Waals surface area contributed by atoms with Gasteiger partial charge in [-0.15, -0.1) is 11.6 Å². The molecule has 0 aliphatic carbocycles. The molecule has 0 aromatic carbocycles. The zero-order chi connectivity index (χ0) is 12.1. The third kappa shape index (κ3) is 3.47. The third-order valence-electron chi connectivity index (χ3n) is 3.03. The Hall–Kier alpha value is -0.510. The van der Waals surface area contributed by atoms with Crippen molar-refractivity contribution in [1.29, 1.82) is 0 Å². The molecular formula is C12H17Cl2N3. The first kappa shape index (κ1) is 12.9. The summed E-state index contributed by atoms with van der Waals surface area (Å²) in [5.41, 5.74) is 0. The van der Waals surface area contributed by atoms with Crippen LogP contribution in [0.2, 0.25) is 5.02 Å². The lowest BCUT2D eigenvalue weighted by Gasteiger charge is -2.23. The summed E-state index contributed by atoms with van der Waals surface area (Å²) in [6.07, 6.45) is 2.92. The molecule has 0 bridgehead atoms. The molecular weight excluding hydrogens is 257 g/mol. The number of rotatable bonds is 3. The van der Waals surface area contributed by atoms with Gasteiger partial charge in [-0.2, -0.15) is 0 Å². The Morgan fingerprint density at radius 2 is 2.12 bits per heavy atom. The molecule has 0 amide bonds. The maximum atomic E-state index is 6.17. The van der Waals surface area contributed by atoms with E-state index in [0.717, 1.165) is 50.0 Å². The van der Waals surface area contributed by atoms with Gasteiger partial charge in [-0.3, -0.25) is 0 Å². The second-order valence-corrected chi connectivity index (χ2v) is 4.97. The fourth-order valence-corrected chi connectivity index (χ4v) is 2.62. The Morgan fingerprint density at radius 3 is 2.88 bits per heavy atom. The molecule has 0 spiro atoms. The van der Waals surface area contributed by atoms with E-state index in [1.165, 1.54) is 0 Å². The first-order valence-corrected chi connectivity index (χ1v) is 6.86. The number of hydrogen-bond acceptors (Lipinski definition) is 3. The number of aromatic nitrogens is 1. The van der Waals surface area contributed by atoms with Crippen LogP contribution in [-0.4, -0.2) is 48.5 Å². The highest BCUT2D eigenvalue weighted by Gasteiger charge is 2.17. The Bertz CT molecular complexity index is 359. The van der Waals surface area contributed by atoms with Gasteiger partial charge in [-0.1, -0.05) is 11.6 Å². The summed E-state index contributed by atoms with van der Waals surface area (Å²) < 4.78 is 0. The normalized spacial score (nSPS) is 18.1. The molecule has 2 rings (SSSR count). The average molecular weight is 274 g/mol. The van der Waals surface area contributed by atoms with Crippen molar-refractivity contribution in [3.63, 3.8) is 0 Å². The molecule has 1 aromatic heterocycles. The van der Waals surface area contributed by atoms with Gasteiger partial charge >= 0.3 is 0 Å². The molecule has 0 atom stereocenters. The van der Waals surface area contributed by atoms with Crippen LogP contribution in [0.3, 0.4) is 0 Å². The largest absolute Gasteiger partial charge is 0.354 e. The lowest BCUT2D eigenvalue weighted by molar-refractivity contribution is 0.311. The molecule has 0 N–H and O–H groups in total. The summed E-state index contributed by atoms with van der Waals surface area (Å²) in [6.45, 7) is 5.07. The molecule has 1 aromatic rings. The predicted molar refractivity (Wildman–Crippen MR) is 73.2 cm³/mol. The minimum Gasteiger partial charge on any atom is -0.354 e. The number of anilines is 1. The summed E-state index contributed by atoms with van der Waals surface area (Å²) in [4.78, 5) is 9.02. The van der Waals surface area contributed by atoms with Crippen LogP contribution in [0.1, 0.15) is 6.42 Å². The highest BCUT2D eigenvalue weighted by Crippen LogP contribution is 2.23. The van der Waals surface area contributed by atoms with Crippen molar-refractivity contribution < 1.29 is 0 Å². The Kier molecular flexibility index (Phi) is 4.89. The first-order chi connectivity index (χ1) is 8.31. The second kappa shape index (κ2) is 6.43. The van der Waals surface area contributed by atoms with Crippen molar-refractivity contribution in [2.75, 3.05) is 43.5 Å². The average Bonchev–Trinajstić information content (AvgIpc) is 2.56. The standard InChI is InChI=1S/C12H17Cl2N3/c13-4-8-16-6-2-7-17(10-9-16)12-11(14)3-1-5-15-12/h1,3,5H,2,4,6-10H2. The van der Waals surface area contributed by atoms with Gasteiger partial charge < -0.3 is 9.80 Å². The van der Waals surface area contributed by atoms with Gasteiger partial charge in [0.05, 0.1) is 5.02 Å². The second-order valence-electron chi connectivity index (χ2n) is 4.18.